The first kappa shape index (κ1) is 13.9. The molecule has 0 saturated heterocycles. The molecule has 2 unspecified atom stereocenters. The zero-order valence-corrected chi connectivity index (χ0v) is 11.8. The highest BCUT2D eigenvalue weighted by Gasteiger charge is 2.08. The zero-order chi connectivity index (χ0) is 12.0. The Hall–Kier alpha value is -0.120. The Morgan fingerprint density at radius 3 is 2.31 bits per heavy atom. The van der Waals surface area contributed by atoms with Crippen LogP contribution in [0.15, 0.2) is 29.2 Å². The Morgan fingerprint density at radius 2 is 1.75 bits per heavy atom. The molecule has 0 aromatic heterocycles. The van der Waals surface area contributed by atoms with Crippen molar-refractivity contribution >= 4 is 23.5 Å². The average molecular weight is 256 g/mol. The molecule has 0 aliphatic heterocycles. The van der Waals surface area contributed by atoms with Crippen LogP contribution in [0, 0.1) is 6.92 Å². The highest BCUT2D eigenvalue weighted by atomic mass is 32.2. The van der Waals surface area contributed by atoms with E-state index < -0.39 is 0 Å². The van der Waals surface area contributed by atoms with E-state index in [4.69, 9.17) is 0 Å². The van der Waals surface area contributed by atoms with Gasteiger partial charge in [0.05, 0.1) is 6.10 Å². The fourth-order valence-corrected chi connectivity index (χ4v) is 3.10. The second kappa shape index (κ2) is 7.25. The summed E-state index contributed by atoms with van der Waals surface area (Å²) >= 11 is 3.72. The lowest BCUT2D eigenvalue weighted by atomic mass is 10.2. The van der Waals surface area contributed by atoms with Crippen molar-refractivity contribution in [2.45, 2.75) is 37.0 Å². The molecule has 1 N–H and O–H groups in total. The van der Waals surface area contributed by atoms with Crippen molar-refractivity contribution in [2.75, 3.05) is 11.5 Å². The van der Waals surface area contributed by atoms with E-state index in [2.05, 4.69) is 38.1 Å². The number of benzene rings is 1. The Kier molecular flexibility index (Phi) is 6.32. The first-order valence-corrected chi connectivity index (χ1v) is 7.62. The van der Waals surface area contributed by atoms with E-state index in [1.807, 2.05) is 30.4 Å². The summed E-state index contributed by atoms with van der Waals surface area (Å²) in [7, 11) is 0. The molecule has 1 aromatic carbocycles. The highest BCUT2D eigenvalue weighted by molar-refractivity contribution is 8.03. The number of hydrogen-bond acceptors (Lipinski definition) is 3. The molecule has 1 nitrogen and oxygen atoms in total. The van der Waals surface area contributed by atoms with Gasteiger partial charge in [0, 0.05) is 21.7 Å². The number of aliphatic hydroxyl groups excluding tert-OH is 1. The van der Waals surface area contributed by atoms with E-state index in [-0.39, 0.29) is 6.10 Å². The van der Waals surface area contributed by atoms with Crippen molar-refractivity contribution in [3.63, 3.8) is 0 Å². The topological polar surface area (TPSA) is 20.2 Å². The largest absolute Gasteiger partial charge is 0.392 e. The summed E-state index contributed by atoms with van der Waals surface area (Å²) in [4.78, 5) is 1.33. The van der Waals surface area contributed by atoms with Crippen LogP contribution < -0.4 is 0 Å². The van der Waals surface area contributed by atoms with Crippen LogP contribution in [0.1, 0.15) is 19.4 Å². The van der Waals surface area contributed by atoms with Gasteiger partial charge in [0.15, 0.2) is 0 Å². The minimum atomic E-state index is -0.214. The second-order valence-electron chi connectivity index (χ2n) is 3.98. The predicted molar refractivity (Wildman–Crippen MR) is 75.5 cm³/mol. The quantitative estimate of drug-likeness (QED) is 0.620. The van der Waals surface area contributed by atoms with Crippen LogP contribution in [-0.4, -0.2) is 28.0 Å². The molecule has 0 amide bonds. The SMILES string of the molecule is Cc1ccc(SCCSC(C)C(C)O)cc1. The van der Waals surface area contributed by atoms with Crippen molar-refractivity contribution in [3.8, 4) is 0 Å². The molecule has 0 heterocycles. The van der Waals surface area contributed by atoms with Gasteiger partial charge in [0.2, 0.25) is 0 Å². The minimum absolute atomic E-state index is 0.214. The smallest absolute Gasteiger partial charge is 0.0627 e. The summed E-state index contributed by atoms with van der Waals surface area (Å²) in [5, 5.41) is 9.67. The van der Waals surface area contributed by atoms with Crippen LogP contribution in [0.2, 0.25) is 0 Å². The van der Waals surface area contributed by atoms with Crippen molar-refractivity contribution < 1.29 is 5.11 Å². The van der Waals surface area contributed by atoms with Crippen LogP contribution in [0.5, 0.6) is 0 Å². The van der Waals surface area contributed by atoms with Crippen molar-refractivity contribution in [2.24, 2.45) is 0 Å². The molecule has 16 heavy (non-hydrogen) atoms. The van der Waals surface area contributed by atoms with Gasteiger partial charge in [-0.05, 0) is 26.0 Å². The predicted octanol–water partition coefficient (Wildman–Crippen LogP) is 3.59. The third kappa shape index (κ3) is 5.28. The standard InChI is InChI=1S/C13H20OS2/c1-10-4-6-13(7-5-10)16-9-8-15-12(3)11(2)14/h4-7,11-12,14H,8-9H2,1-3H3. The molecule has 0 fully saturated rings. The molecule has 90 valence electrons. The maximum absolute atomic E-state index is 9.34. The third-order valence-electron chi connectivity index (χ3n) is 2.43. The number of thioether (sulfide) groups is 2. The van der Waals surface area contributed by atoms with Gasteiger partial charge >= 0.3 is 0 Å². The van der Waals surface area contributed by atoms with Gasteiger partial charge in [-0.15, -0.1) is 11.8 Å². The first-order chi connectivity index (χ1) is 7.59. The molecule has 0 radical (unpaired) electrons. The minimum Gasteiger partial charge on any atom is -0.392 e. The third-order valence-corrected chi connectivity index (χ3v) is 5.06. The highest BCUT2D eigenvalue weighted by Crippen LogP contribution is 2.21. The number of aryl methyl sites for hydroxylation is 1. The maximum atomic E-state index is 9.34. The molecular weight excluding hydrogens is 236 g/mol. The zero-order valence-electron chi connectivity index (χ0n) is 10.1. The Balaban J connectivity index is 2.18. The van der Waals surface area contributed by atoms with Gasteiger partial charge in [-0.25, -0.2) is 0 Å². The molecule has 1 rings (SSSR count). The number of rotatable bonds is 6. The molecular formula is C13H20OS2. The van der Waals surface area contributed by atoms with Crippen LogP contribution >= 0.6 is 23.5 Å². The summed E-state index contributed by atoms with van der Waals surface area (Å²) in [5.74, 6) is 2.19. The van der Waals surface area contributed by atoms with Crippen LogP contribution in [0.3, 0.4) is 0 Å². The maximum Gasteiger partial charge on any atom is 0.0627 e. The van der Waals surface area contributed by atoms with Gasteiger partial charge in [0.25, 0.3) is 0 Å². The summed E-state index contributed by atoms with van der Waals surface area (Å²) in [6.07, 6.45) is -0.214. The van der Waals surface area contributed by atoms with Crippen LogP contribution in [0.4, 0.5) is 0 Å². The lowest BCUT2D eigenvalue weighted by Gasteiger charge is -2.13. The first-order valence-electron chi connectivity index (χ1n) is 5.58. The van der Waals surface area contributed by atoms with E-state index in [9.17, 15) is 5.11 Å². The summed E-state index contributed by atoms with van der Waals surface area (Å²) in [6.45, 7) is 6.03. The lowest BCUT2D eigenvalue weighted by Crippen LogP contribution is -2.15. The number of aliphatic hydroxyl groups is 1. The molecule has 3 heteroatoms. The summed E-state index contributed by atoms with van der Waals surface area (Å²) < 4.78 is 0. The Bertz CT molecular complexity index is 295. The lowest BCUT2D eigenvalue weighted by molar-refractivity contribution is 0.196. The second-order valence-corrected chi connectivity index (χ2v) is 6.63. The summed E-state index contributed by atoms with van der Waals surface area (Å²) in [5.41, 5.74) is 1.31. The van der Waals surface area contributed by atoms with E-state index in [1.165, 1.54) is 10.5 Å². The molecule has 0 aliphatic rings. The average Bonchev–Trinajstić information content (AvgIpc) is 2.26. The summed E-state index contributed by atoms with van der Waals surface area (Å²) in [6, 6.07) is 8.63. The van der Waals surface area contributed by atoms with Crippen molar-refractivity contribution in [1.82, 2.24) is 0 Å². The molecule has 0 spiro atoms. The van der Waals surface area contributed by atoms with E-state index in [1.54, 1.807) is 0 Å². The van der Waals surface area contributed by atoms with Gasteiger partial charge in [-0.2, -0.15) is 11.8 Å². The molecule has 0 saturated carbocycles. The van der Waals surface area contributed by atoms with Gasteiger partial charge in [0.1, 0.15) is 0 Å². The van der Waals surface area contributed by atoms with E-state index in [0.29, 0.717) is 5.25 Å². The van der Waals surface area contributed by atoms with Gasteiger partial charge < -0.3 is 5.11 Å². The molecule has 1 aromatic rings. The van der Waals surface area contributed by atoms with E-state index in [0.717, 1.165) is 11.5 Å². The Labute approximate surface area is 107 Å². The van der Waals surface area contributed by atoms with Crippen molar-refractivity contribution in [3.05, 3.63) is 29.8 Å². The normalized spacial score (nSPS) is 14.8. The number of hydrogen-bond donors (Lipinski definition) is 1. The Morgan fingerprint density at radius 1 is 1.12 bits per heavy atom. The van der Waals surface area contributed by atoms with Gasteiger partial charge in [-0.3, -0.25) is 0 Å². The molecule has 2 atom stereocenters. The fraction of sp³-hybridized carbons (Fsp3) is 0.538. The monoisotopic (exact) mass is 256 g/mol. The molecule has 0 bridgehead atoms. The van der Waals surface area contributed by atoms with Crippen LogP contribution in [-0.2, 0) is 0 Å². The van der Waals surface area contributed by atoms with E-state index >= 15 is 0 Å². The van der Waals surface area contributed by atoms with Crippen LogP contribution in [0.25, 0.3) is 0 Å². The van der Waals surface area contributed by atoms with Crippen molar-refractivity contribution in [1.29, 1.82) is 0 Å². The van der Waals surface area contributed by atoms with Gasteiger partial charge in [-0.1, -0.05) is 24.6 Å². The molecule has 0 aliphatic carbocycles. The fourth-order valence-electron chi connectivity index (χ4n) is 1.17.